The molecule has 1 aromatic rings. The van der Waals surface area contributed by atoms with Gasteiger partial charge in [0.15, 0.2) is 0 Å². The maximum atomic E-state index is 10.7. The van der Waals surface area contributed by atoms with Crippen LogP contribution < -0.4 is 0 Å². The Morgan fingerprint density at radius 3 is 2.88 bits per heavy atom. The van der Waals surface area contributed by atoms with Gasteiger partial charge in [0, 0.05) is 25.0 Å². The molecule has 1 aromatic heterocycles. The highest BCUT2D eigenvalue weighted by molar-refractivity contribution is 5.65. The predicted molar refractivity (Wildman–Crippen MR) is 60.3 cm³/mol. The summed E-state index contributed by atoms with van der Waals surface area (Å²) >= 11 is 0. The van der Waals surface area contributed by atoms with Gasteiger partial charge in [0.2, 0.25) is 0 Å². The summed E-state index contributed by atoms with van der Waals surface area (Å²) in [6.07, 6.45) is 4.23. The number of hydrogen-bond acceptors (Lipinski definition) is 3. The Morgan fingerprint density at radius 2 is 2.31 bits per heavy atom. The Morgan fingerprint density at radius 1 is 1.56 bits per heavy atom. The minimum absolute atomic E-state index is 0.213. The number of nitrogens with one attached hydrogen (secondary N) is 1. The number of H-pyrrole nitrogens is 1. The highest BCUT2D eigenvalue weighted by Crippen LogP contribution is 2.41. The smallest absolute Gasteiger partial charge is 0.302 e. The van der Waals surface area contributed by atoms with E-state index in [9.17, 15) is 4.79 Å². The topological polar surface area (TPSA) is 55.0 Å². The van der Waals surface area contributed by atoms with E-state index >= 15 is 0 Å². The van der Waals surface area contributed by atoms with Crippen LogP contribution in [0.1, 0.15) is 49.6 Å². The average molecular weight is 222 g/mol. The second kappa shape index (κ2) is 4.68. The molecule has 0 spiro atoms. The van der Waals surface area contributed by atoms with Gasteiger partial charge in [-0.3, -0.25) is 9.89 Å². The zero-order valence-corrected chi connectivity index (χ0v) is 9.88. The predicted octanol–water partition coefficient (Wildman–Crippen LogP) is 1.96. The van der Waals surface area contributed by atoms with Crippen LogP contribution in [0.3, 0.4) is 0 Å². The molecule has 4 nitrogen and oxygen atoms in total. The van der Waals surface area contributed by atoms with E-state index in [4.69, 9.17) is 4.74 Å². The summed E-state index contributed by atoms with van der Waals surface area (Å²) in [7, 11) is 0. The zero-order valence-electron chi connectivity index (χ0n) is 9.88. The molecule has 0 radical (unpaired) electrons. The van der Waals surface area contributed by atoms with E-state index < -0.39 is 0 Å². The van der Waals surface area contributed by atoms with Gasteiger partial charge in [-0.2, -0.15) is 5.10 Å². The van der Waals surface area contributed by atoms with Crippen LogP contribution in [0.4, 0.5) is 0 Å². The van der Waals surface area contributed by atoms with Crippen LogP contribution in [0.2, 0.25) is 0 Å². The molecule has 1 N–H and O–H groups in total. The second-order valence-electron chi connectivity index (χ2n) is 4.28. The summed E-state index contributed by atoms with van der Waals surface area (Å²) in [4.78, 5) is 10.7. The molecule has 0 unspecified atom stereocenters. The van der Waals surface area contributed by atoms with Crippen molar-refractivity contribution in [1.82, 2.24) is 10.2 Å². The van der Waals surface area contributed by atoms with Crippen LogP contribution in [0, 0.1) is 0 Å². The molecule has 0 amide bonds. The molecule has 1 aliphatic carbocycles. The first-order chi connectivity index (χ1) is 7.72. The molecule has 4 heteroatoms. The molecular formula is C12H18N2O2. The Balaban J connectivity index is 2.04. The van der Waals surface area contributed by atoms with Gasteiger partial charge in [-0.1, -0.05) is 6.92 Å². The quantitative estimate of drug-likeness (QED) is 0.775. The first-order valence-electron chi connectivity index (χ1n) is 5.91. The summed E-state index contributed by atoms with van der Waals surface area (Å²) in [5.74, 6) is 0.429. The number of hydrogen-bond donors (Lipinski definition) is 1. The third-order valence-electron chi connectivity index (χ3n) is 2.96. The average Bonchev–Trinajstić information content (AvgIpc) is 3.00. The molecular weight excluding hydrogens is 204 g/mol. The van der Waals surface area contributed by atoms with Gasteiger partial charge in [0.25, 0.3) is 0 Å². The summed E-state index contributed by atoms with van der Waals surface area (Å²) in [5.41, 5.74) is 3.66. The molecule has 1 saturated carbocycles. The molecule has 1 heterocycles. The van der Waals surface area contributed by atoms with Crippen molar-refractivity contribution in [3.05, 3.63) is 17.0 Å². The van der Waals surface area contributed by atoms with Gasteiger partial charge in [0.1, 0.15) is 0 Å². The van der Waals surface area contributed by atoms with Crippen molar-refractivity contribution in [2.24, 2.45) is 0 Å². The van der Waals surface area contributed by atoms with Crippen molar-refractivity contribution in [2.45, 2.75) is 45.4 Å². The first kappa shape index (κ1) is 11.2. The van der Waals surface area contributed by atoms with Crippen LogP contribution in [-0.4, -0.2) is 22.8 Å². The molecule has 1 aliphatic rings. The monoisotopic (exact) mass is 222 g/mol. The highest BCUT2D eigenvalue weighted by Gasteiger charge is 2.29. The number of aromatic amines is 1. The Labute approximate surface area is 95.4 Å². The van der Waals surface area contributed by atoms with Crippen molar-refractivity contribution < 1.29 is 9.53 Å². The van der Waals surface area contributed by atoms with Gasteiger partial charge < -0.3 is 4.74 Å². The number of ether oxygens (including phenoxy) is 1. The van der Waals surface area contributed by atoms with Crippen LogP contribution in [0.25, 0.3) is 0 Å². The number of rotatable bonds is 5. The molecule has 0 aromatic carbocycles. The van der Waals surface area contributed by atoms with E-state index in [-0.39, 0.29) is 5.97 Å². The fourth-order valence-corrected chi connectivity index (χ4v) is 1.98. The van der Waals surface area contributed by atoms with Crippen LogP contribution in [0.15, 0.2) is 0 Å². The molecule has 0 atom stereocenters. The number of aromatic nitrogens is 2. The van der Waals surface area contributed by atoms with Crippen molar-refractivity contribution in [1.29, 1.82) is 0 Å². The minimum Gasteiger partial charge on any atom is -0.466 e. The van der Waals surface area contributed by atoms with E-state index in [0.717, 1.165) is 12.8 Å². The lowest BCUT2D eigenvalue weighted by Crippen LogP contribution is -2.05. The standard InChI is InChI=1S/C12H18N2O2/c1-3-11-10(6-7-16-8(2)15)12(14-13-11)9-4-5-9/h9H,3-7H2,1-2H3,(H,13,14). The Hall–Kier alpha value is -1.32. The maximum absolute atomic E-state index is 10.7. The molecule has 16 heavy (non-hydrogen) atoms. The van der Waals surface area contributed by atoms with E-state index in [0.29, 0.717) is 12.5 Å². The van der Waals surface area contributed by atoms with E-state index in [1.165, 1.54) is 36.7 Å². The second-order valence-corrected chi connectivity index (χ2v) is 4.28. The third-order valence-corrected chi connectivity index (χ3v) is 2.96. The summed E-state index contributed by atoms with van der Waals surface area (Å²) in [6, 6.07) is 0. The van der Waals surface area contributed by atoms with E-state index in [1.54, 1.807) is 0 Å². The molecule has 1 fully saturated rings. The summed E-state index contributed by atoms with van der Waals surface area (Å²) in [5, 5.41) is 7.47. The number of carbonyl (C=O) groups is 1. The molecule has 0 saturated heterocycles. The van der Waals surface area contributed by atoms with Crippen molar-refractivity contribution in [2.75, 3.05) is 6.61 Å². The van der Waals surface area contributed by atoms with E-state index in [2.05, 4.69) is 17.1 Å². The lowest BCUT2D eigenvalue weighted by atomic mass is 10.1. The van der Waals surface area contributed by atoms with Crippen LogP contribution >= 0.6 is 0 Å². The van der Waals surface area contributed by atoms with Gasteiger partial charge >= 0.3 is 5.97 Å². The normalized spacial score (nSPS) is 15.1. The van der Waals surface area contributed by atoms with Crippen molar-refractivity contribution in [3.8, 4) is 0 Å². The first-order valence-corrected chi connectivity index (χ1v) is 5.91. The molecule has 0 aliphatic heterocycles. The molecule has 88 valence electrons. The number of esters is 1. The summed E-state index contributed by atoms with van der Waals surface area (Å²) in [6.45, 7) is 4.01. The Bertz CT molecular complexity index is 380. The number of aryl methyl sites for hydroxylation is 1. The van der Waals surface area contributed by atoms with Gasteiger partial charge in [0.05, 0.1) is 12.3 Å². The van der Waals surface area contributed by atoms with Crippen molar-refractivity contribution >= 4 is 5.97 Å². The van der Waals surface area contributed by atoms with Crippen LogP contribution in [-0.2, 0) is 22.4 Å². The van der Waals surface area contributed by atoms with Gasteiger partial charge in [-0.05, 0) is 24.8 Å². The molecule has 0 bridgehead atoms. The maximum Gasteiger partial charge on any atom is 0.302 e. The minimum atomic E-state index is -0.213. The highest BCUT2D eigenvalue weighted by atomic mass is 16.5. The lowest BCUT2D eigenvalue weighted by Gasteiger charge is -2.04. The SMILES string of the molecule is CCc1[nH]nc(C2CC2)c1CCOC(C)=O. The van der Waals surface area contributed by atoms with E-state index in [1.807, 2.05) is 0 Å². The van der Waals surface area contributed by atoms with Crippen molar-refractivity contribution in [3.63, 3.8) is 0 Å². The fraction of sp³-hybridized carbons (Fsp3) is 0.667. The number of carbonyl (C=O) groups excluding carboxylic acids is 1. The molecule has 2 rings (SSSR count). The Kier molecular flexibility index (Phi) is 3.27. The third kappa shape index (κ3) is 2.43. The van der Waals surface area contributed by atoms with Crippen LogP contribution in [0.5, 0.6) is 0 Å². The zero-order chi connectivity index (χ0) is 11.5. The summed E-state index contributed by atoms with van der Waals surface area (Å²) < 4.78 is 4.99. The lowest BCUT2D eigenvalue weighted by molar-refractivity contribution is -0.140. The van der Waals surface area contributed by atoms with Gasteiger partial charge in [-0.15, -0.1) is 0 Å². The van der Waals surface area contributed by atoms with Gasteiger partial charge in [-0.25, -0.2) is 0 Å². The largest absolute Gasteiger partial charge is 0.466 e. The fourth-order valence-electron chi connectivity index (χ4n) is 1.98. The number of nitrogens with zero attached hydrogens (tertiary/aromatic N) is 1.